The Bertz CT molecular complexity index is 1420. The average molecular weight is 483 g/mol. The van der Waals surface area contributed by atoms with Crippen molar-refractivity contribution in [3.8, 4) is 17.2 Å². The van der Waals surface area contributed by atoms with Crippen LogP contribution in [0.15, 0.2) is 72.9 Å². The first-order chi connectivity index (χ1) is 17.0. The predicted molar refractivity (Wildman–Crippen MR) is 140 cm³/mol. The van der Waals surface area contributed by atoms with E-state index in [1.54, 1.807) is 0 Å². The number of rotatable bonds is 4. The Hall–Kier alpha value is -3.84. The van der Waals surface area contributed by atoms with Crippen molar-refractivity contribution in [2.24, 2.45) is 0 Å². The molecule has 6 rings (SSSR count). The van der Waals surface area contributed by atoms with E-state index < -0.39 is 0 Å². The number of para-hydroxylation sites is 1. The SMILES string of the molecule is Cc1c([C@@H]2[C@H](c3ccccn3)NC(=S)N2c2ccc3c(c2)OCO3)c(C)n(-c2ccccc2)c1C. The van der Waals surface area contributed by atoms with Crippen LogP contribution in [0.4, 0.5) is 5.69 Å². The molecule has 0 saturated carbocycles. The standard InChI is InChI=1S/C28H26N4O2S/c1-17-18(2)31(20-9-5-4-6-10-20)19(3)25(17)27-26(22-11-7-8-14-29-22)30-28(35)32(27)21-12-13-23-24(15-21)34-16-33-23/h4-15,26-27H,16H2,1-3H3,(H,30,35)/t26-,27+/m0/s1. The van der Waals surface area contributed by atoms with Crippen molar-refractivity contribution in [2.75, 3.05) is 11.7 Å². The van der Waals surface area contributed by atoms with Gasteiger partial charge in [0, 0.05) is 40.6 Å². The minimum absolute atomic E-state index is 0.0959. The molecule has 1 N–H and O–H groups in total. The molecule has 2 aromatic carbocycles. The minimum Gasteiger partial charge on any atom is -0.454 e. The van der Waals surface area contributed by atoms with Gasteiger partial charge in [-0.2, -0.15) is 0 Å². The number of hydrogen-bond acceptors (Lipinski definition) is 4. The number of fused-ring (bicyclic) bond motifs is 1. The summed E-state index contributed by atoms with van der Waals surface area (Å²) in [5.41, 5.74) is 7.95. The van der Waals surface area contributed by atoms with Crippen LogP contribution in [-0.4, -0.2) is 21.5 Å². The molecule has 6 nitrogen and oxygen atoms in total. The van der Waals surface area contributed by atoms with Gasteiger partial charge in [0.15, 0.2) is 16.6 Å². The Labute approximate surface area is 210 Å². The number of aromatic nitrogens is 2. The fraction of sp³-hybridized carbons (Fsp3) is 0.214. The second-order valence-electron chi connectivity index (χ2n) is 8.91. The molecule has 2 aliphatic heterocycles. The van der Waals surface area contributed by atoms with Crippen LogP contribution < -0.4 is 19.7 Å². The molecule has 7 heteroatoms. The summed E-state index contributed by atoms with van der Waals surface area (Å²) in [6, 6.07) is 22.3. The molecule has 35 heavy (non-hydrogen) atoms. The van der Waals surface area contributed by atoms with E-state index in [-0.39, 0.29) is 18.9 Å². The summed E-state index contributed by atoms with van der Waals surface area (Å²) in [5.74, 6) is 1.49. The maximum Gasteiger partial charge on any atom is 0.231 e. The third-order valence-electron chi connectivity index (χ3n) is 7.05. The third kappa shape index (κ3) is 3.46. The van der Waals surface area contributed by atoms with E-state index >= 15 is 0 Å². The van der Waals surface area contributed by atoms with Crippen molar-refractivity contribution in [3.05, 3.63) is 101 Å². The first-order valence-corrected chi connectivity index (χ1v) is 12.1. The molecule has 0 bridgehead atoms. The van der Waals surface area contributed by atoms with Crippen molar-refractivity contribution in [1.82, 2.24) is 14.9 Å². The Balaban J connectivity index is 1.55. The molecule has 0 radical (unpaired) electrons. The van der Waals surface area contributed by atoms with Crippen LogP contribution in [0.3, 0.4) is 0 Å². The van der Waals surface area contributed by atoms with E-state index in [1.165, 1.54) is 22.5 Å². The number of ether oxygens (including phenoxy) is 2. The molecule has 0 amide bonds. The summed E-state index contributed by atoms with van der Waals surface area (Å²) in [6.07, 6.45) is 1.83. The second-order valence-corrected chi connectivity index (χ2v) is 9.30. The van der Waals surface area contributed by atoms with E-state index in [9.17, 15) is 0 Å². The molecule has 0 aliphatic carbocycles. The summed E-state index contributed by atoms with van der Waals surface area (Å²) in [4.78, 5) is 6.90. The molecule has 1 saturated heterocycles. The number of pyridine rings is 1. The number of benzene rings is 2. The maximum absolute atomic E-state index is 5.93. The highest BCUT2D eigenvalue weighted by Crippen LogP contribution is 2.47. The summed E-state index contributed by atoms with van der Waals surface area (Å²) < 4.78 is 13.6. The summed E-state index contributed by atoms with van der Waals surface area (Å²) in [6.45, 7) is 6.81. The monoisotopic (exact) mass is 482 g/mol. The molecular formula is C28H26N4O2S. The van der Waals surface area contributed by atoms with Gasteiger partial charge in [-0.15, -0.1) is 0 Å². The number of hydrogen-bond donors (Lipinski definition) is 1. The Morgan fingerprint density at radius 2 is 1.66 bits per heavy atom. The van der Waals surface area contributed by atoms with Crippen molar-refractivity contribution >= 4 is 23.0 Å². The topological polar surface area (TPSA) is 51.6 Å². The molecule has 2 aliphatic rings. The fourth-order valence-electron chi connectivity index (χ4n) is 5.37. The Morgan fingerprint density at radius 1 is 0.886 bits per heavy atom. The van der Waals surface area contributed by atoms with E-state index in [1.807, 2.05) is 42.6 Å². The third-order valence-corrected chi connectivity index (χ3v) is 7.36. The van der Waals surface area contributed by atoms with Gasteiger partial charge in [-0.25, -0.2) is 0 Å². The van der Waals surface area contributed by atoms with Crippen molar-refractivity contribution in [2.45, 2.75) is 32.9 Å². The molecule has 176 valence electrons. The van der Waals surface area contributed by atoms with Gasteiger partial charge in [0.25, 0.3) is 0 Å². The fourth-order valence-corrected chi connectivity index (χ4v) is 5.71. The van der Waals surface area contributed by atoms with Gasteiger partial charge >= 0.3 is 0 Å². The van der Waals surface area contributed by atoms with Gasteiger partial charge < -0.3 is 24.3 Å². The lowest BCUT2D eigenvalue weighted by atomic mass is 9.93. The number of nitrogens with one attached hydrogen (secondary N) is 1. The quantitative estimate of drug-likeness (QED) is 0.377. The summed E-state index contributed by atoms with van der Waals surface area (Å²) in [5, 5.41) is 4.23. The molecule has 2 atom stereocenters. The van der Waals surface area contributed by atoms with Crippen LogP contribution in [0.1, 0.15) is 40.3 Å². The van der Waals surface area contributed by atoms with Gasteiger partial charge in [0.2, 0.25) is 6.79 Å². The zero-order chi connectivity index (χ0) is 24.1. The Kier molecular flexibility index (Phi) is 5.22. The zero-order valence-corrected chi connectivity index (χ0v) is 20.7. The van der Waals surface area contributed by atoms with Gasteiger partial charge in [0.05, 0.1) is 17.8 Å². The molecule has 0 spiro atoms. The molecule has 2 aromatic heterocycles. The number of thiocarbonyl (C=S) groups is 1. The maximum atomic E-state index is 5.93. The normalized spacial score (nSPS) is 18.7. The largest absolute Gasteiger partial charge is 0.454 e. The van der Waals surface area contributed by atoms with Crippen molar-refractivity contribution < 1.29 is 9.47 Å². The Morgan fingerprint density at radius 3 is 2.43 bits per heavy atom. The van der Waals surface area contributed by atoms with Crippen LogP contribution in [0.5, 0.6) is 11.5 Å². The van der Waals surface area contributed by atoms with E-state index in [4.69, 9.17) is 26.7 Å². The average Bonchev–Trinajstić information content (AvgIpc) is 3.54. The highest BCUT2D eigenvalue weighted by atomic mass is 32.1. The van der Waals surface area contributed by atoms with Crippen LogP contribution in [-0.2, 0) is 0 Å². The first kappa shape index (κ1) is 21.7. The molecule has 0 unspecified atom stereocenters. The smallest absolute Gasteiger partial charge is 0.231 e. The predicted octanol–water partition coefficient (Wildman–Crippen LogP) is 5.70. The van der Waals surface area contributed by atoms with Gasteiger partial charge in [0.1, 0.15) is 0 Å². The second kappa shape index (κ2) is 8.43. The van der Waals surface area contributed by atoms with E-state index in [0.717, 1.165) is 28.6 Å². The van der Waals surface area contributed by atoms with E-state index in [0.29, 0.717) is 5.11 Å². The lowest BCUT2D eigenvalue weighted by molar-refractivity contribution is 0.174. The van der Waals surface area contributed by atoms with Crippen molar-refractivity contribution in [1.29, 1.82) is 0 Å². The summed E-state index contributed by atoms with van der Waals surface area (Å²) >= 11 is 5.93. The summed E-state index contributed by atoms with van der Waals surface area (Å²) in [7, 11) is 0. The van der Waals surface area contributed by atoms with E-state index in [2.05, 4.69) is 65.9 Å². The highest BCUT2D eigenvalue weighted by molar-refractivity contribution is 7.80. The first-order valence-electron chi connectivity index (χ1n) is 11.7. The lowest BCUT2D eigenvalue weighted by Gasteiger charge is -2.29. The zero-order valence-electron chi connectivity index (χ0n) is 19.9. The molecule has 1 fully saturated rings. The highest BCUT2D eigenvalue weighted by Gasteiger charge is 2.43. The van der Waals surface area contributed by atoms with Crippen LogP contribution in [0, 0.1) is 20.8 Å². The van der Waals surface area contributed by atoms with Gasteiger partial charge in [-0.1, -0.05) is 24.3 Å². The van der Waals surface area contributed by atoms with Crippen molar-refractivity contribution in [3.63, 3.8) is 0 Å². The molecule has 4 aromatic rings. The number of nitrogens with zero attached hydrogens (tertiary/aromatic N) is 3. The van der Waals surface area contributed by atoms with Crippen LogP contribution in [0.2, 0.25) is 0 Å². The lowest BCUT2D eigenvalue weighted by Crippen LogP contribution is -2.29. The van der Waals surface area contributed by atoms with Gasteiger partial charge in [-0.05, 0) is 75.0 Å². The van der Waals surface area contributed by atoms with Crippen LogP contribution in [0.25, 0.3) is 5.69 Å². The number of anilines is 1. The molecule has 4 heterocycles. The van der Waals surface area contributed by atoms with Crippen LogP contribution >= 0.6 is 12.2 Å². The minimum atomic E-state index is -0.113. The molecular weight excluding hydrogens is 456 g/mol. The van der Waals surface area contributed by atoms with Gasteiger partial charge in [-0.3, -0.25) is 4.98 Å².